The lowest BCUT2D eigenvalue weighted by molar-refractivity contribution is -0.177. The molecule has 4 heterocycles. The van der Waals surface area contributed by atoms with Crippen molar-refractivity contribution in [2.45, 2.75) is 351 Å². The van der Waals surface area contributed by atoms with E-state index < -0.39 is 29.5 Å². The fourth-order valence-corrected chi connectivity index (χ4v) is 39.2. The zero-order valence-electron chi connectivity index (χ0n) is 79.5. The number of hydrogen-bond donors (Lipinski definition) is 0. The molecule has 0 aromatic rings. The predicted octanol–water partition coefficient (Wildman–Crippen LogP) is 20.9. The SMILES string of the molecule is C.C.C.C.C.C.C.C.CCC1CC(CC)C2C3CC(CC3C(=O)OCC(=O)OC(C)(C)C3C4CC5OC(=O)C3C5C4)C12.CCC1CC(CC)C2C3CC(CC3C(=O)OCC(=O)OC3CC4CC3C3(COC(=O)C3)C4)C12.CCC1CC(CC)C2C3CC(CC3C(=O)OCC(=O)OC3CC4CC3C3COC(=O)C43)C12.CCC1CC(CC)C2C3CC(CC3C(=O)OCC(=O)OCC3C4CC5OC(=O)C3C5C4)C12. The molecule has 24 fully saturated rings. The van der Waals surface area contributed by atoms with Crippen LogP contribution in [0.5, 0.6) is 0 Å². The summed E-state index contributed by atoms with van der Waals surface area (Å²) in [5.41, 5.74) is -0.927. The topological polar surface area (TPSA) is 316 Å². The molecule has 47 atom stereocenters. The molecule has 786 valence electrons. The van der Waals surface area contributed by atoms with Gasteiger partial charge in [-0.2, -0.15) is 0 Å². The van der Waals surface area contributed by atoms with Crippen molar-refractivity contribution < 1.29 is 114 Å². The summed E-state index contributed by atoms with van der Waals surface area (Å²) in [7, 11) is 0. The summed E-state index contributed by atoms with van der Waals surface area (Å²) in [6.07, 6.45) is 32.0. The molecule has 0 amide bonds. The smallest absolute Gasteiger partial charge is 0.344 e. The first kappa shape index (κ1) is 110. The van der Waals surface area contributed by atoms with Gasteiger partial charge in [-0.25, -0.2) is 19.2 Å². The summed E-state index contributed by atoms with van der Waals surface area (Å²) in [6.45, 7) is 22.1. The third kappa shape index (κ3) is 18.6. The second kappa shape index (κ2) is 43.0. The van der Waals surface area contributed by atoms with Crippen molar-refractivity contribution in [1.82, 2.24) is 0 Å². The van der Waals surface area contributed by atoms with Crippen LogP contribution in [-0.2, 0) is 114 Å². The highest BCUT2D eigenvalue weighted by molar-refractivity contribution is 5.83. The third-order valence-corrected chi connectivity index (χ3v) is 43.3. The molecule has 1 spiro atoms. The number of esters is 12. The van der Waals surface area contributed by atoms with E-state index in [0.29, 0.717) is 114 Å². The molecule has 24 rings (SSSR count). The van der Waals surface area contributed by atoms with Crippen LogP contribution in [0.1, 0.15) is 321 Å². The van der Waals surface area contributed by atoms with Crippen LogP contribution >= 0.6 is 0 Å². The zero-order valence-corrected chi connectivity index (χ0v) is 79.5. The lowest BCUT2D eigenvalue weighted by atomic mass is 9.70. The average molecular weight is 1950 g/mol. The molecule has 24 heteroatoms. The van der Waals surface area contributed by atoms with Crippen LogP contribution in [-0.4, -0.2) is 148 Å². The van der Waals surface area contributed by atoms with Gasteiger partial charge in [-0.05, 0) is 314 Å². The average Bonchev–Trinajstić information content (AvgIpc) is 1.56. The maximum Gasteiger partial charge on any atom is 0.344 e. The molecule has 0 aromatic carbocycles. The van der Waals surface area contributed by atoms with E-state index in [2.05, 4.69) is 55.4 Å². The Hall–Kier alpha value is -6.36. The number of fused-ring (bicyclic) bond motifs is 30. The molecule has 0 N–H and O–H groups in total. The Labute approximate surface area is 833 Å². The van der Waals surface area contributed by atoms with Crippen molar-refractivity contribution in [3.05, 3.63) is 0 Å². The van der Waals surface area contributed by atoms with Gasteiger partial charge in [0.2, 0.25) is 0 Å². The number of carbonyl (C=O) groups excluding carboxylic acids is 12. The second-order valence-corrected chi connectivity index (χ2v) is 48.2. The Kier molecular flexibility index (Phi) is 34.0. The van der Waals surface area contributed by atoms with Gasteiger partial charge in [0.15, 0.2) is 26.4 Å². The van der Waals surface area contributed by atoms with Gasteiger partial charge in [0.05, 0.1) is 67.7 Å². The molecule has 16 bridgehead atoms. The molecule has 4 saturated heterocycles. The summed E-state index contributed by atoms with van der Waals surface area (Å²) in [6, 6.07) is 0. The molecule has 24 nitrogen and oxygen atoms in total. The minimum absolute atomic E-state index is 0. The van der Waals surface area contributed by atoms with E-state index in [-0.39, 0.29) is 253 Å². The minimum atomic E-state index is -0.783. The van der Waals surface area contributed by atoms with Gasteiger partial charge in [0, 0.05) is 46.8 Å². The molecule has 0 aromatic heterocycles. The van der Waals surface area contributed by atoms with Crippen molar-refractivity contribution in [3.63, 3.8) is 0 Å². The largest absolute Gasteiger partial charge is 0.465 e. The van der Waals surface area contributed by atoms with Crippen LogP contribution in [0.3, 0.4) is 0 Å². The maximum absolute atomic E-state index is 13.1. The Morgan fingerprint density at radius 3 is 1.13 bits per heavy atom. The van der Waals surface area contributed by atoms with Gasteiger partial charge < -0.3 is 56.8 Å². The Bertz CT molecular complexity index is 4420. The molecule has 20 aliphatic carbocycles. The highest BCUT2D eigenvalue weighted by atomic mass is 16.6. The van der Waals surface area contributed by atoms with Gasteiger partial charge in [-0.3, -0.25) is 38.4 Å². The Morgan fingerprint density at radius 1 is 0.338 bits per heavy atom. The normalized spacial score (nSPS) is 46.1. The number of ether oxygens (including phenoxy) is 12. The standard InChI is InChI=1S/C28H40O6.C27H38O6.2C26H36O6.8CH4/c1-5-13-7-14(6-2)23-17-8-15(22(13)23)9-18(17)26(30)32-12-21(29)34-28(3,4)25-16-10-19-20(11-16)33-27(31)24(19)25;1-3-15-7-16(4-2)25-18-8-17(24(15)25)9-19(18)26(30)31-12-23(29)33-21-6-14-5-20(21)27(10-14)11-22(28)32-13-27;1-3-12-5-13(4-2)23-17-7-14(22(12)23)8-18(17)25(28)31-11-21(27)32-20-9-15-6-16(20)19-10-30-26(29)24(15)19;1-3-12-5-13(4-2)23-16-7-15(22(12)23)8-17(16)25(28)31-11-21(27)30-10-19-14-6-18-20(9-14)32-26(29)24(18)19;;;;;;;;/h13-20,22-25H,5-12H2,1-4H3;14-21,24-25H,3-13H2,1-2H3;2*12-20,22-24H,3-11H2,1-2H3;8*1H4. The number of cyclic esters (lactones) is 2. The van der Waals surface area contributed by atoms with E-state index in [4.69, 9.17) is 56.8 Å². The fourth-order valence-electron chi connectivity index (χ4n) is 39.2. The molecular weight excluding hydrogens is 1770 g/mol. The molecule has 4 aliphatic heterocycles. The van der Waals surface area contributed by atoms with Crippen molar-refractivity contribution in [1.29, 1.82) is 0 Å². The third-order valence-electron chi connectivity index (χ3n) is 43.3. The summed E-state index contributed by atoms with van der Waals surface area (Å²) < 4.78 is 66.4. The van der Waals surface area contributed by atoms with Gasteiger partial charge in [0.25, 0.3) is 0 Å². The molecule has 0 radical (unpaired) electrons. The van der Waals surface area contributed by atoms with Crippen LogP contribution in [0.4, 0.5) is 0 Å². The van der Waals surface area contributed by atoms with E-state index in [0.717, 1.165) is 167 Å². The van der Waals surface area contributed by atoms with Crippen molar-refractivity contribution in [2.75, 3.05) is 46.2 Å². The van der Waals surface area contributed by atoms with Crippen LogP contribution in [0.15, 0.2) is 0 Å². The van der Waals surface area contributed by atoms with E-state index >= 15 is 0 Å². The summed E-state index contributed by atoms with van der Waals surface area (Å²) >= 11 is 0. The molecular formula is C115H182O24. The van der Waals surface area contributed by atoms with Gasteiger partial charge in [-0.15, -0.1) is 0 Å². The zero-order chi connectivity index (χ0) is 91.1. The van der Waals surface area contributed by atoms with Gasteiger partial charge >= 0.3 is 71.6 Å². The number of rotatable bonds is 26. The van der Waals surface area contributed by atoms with Crippen LogP contribution < -0.4 is 0 Å². The summed E-state index contributed by atoms with van der Waals surface area (Å²) in [4.78, 5) is 150. The van der Waals surface area contributed by atoms with Crippen LogP contribution in [0, 0.1) is 254 Å². The van der Waals surface area contributed by atoms with Crippen molar-refractivity contribution >= 4 is 71.6 Å². The predicted molar refractivity (Wildman–Crippen MR) is 523 cm³/mol. The van der Waals surface area contributed by atoms with Crippen LogP contribution in [0.2, 0.25) is 0 Å². The lowest BCUT2D eigenvalue weighted by Crippen LogP contribution is -2.45. The van der Waals surface area contributed by atoms with Crippen molar-refractivity contribution in [2.24, 2.45) is 254 Å². The van der Waals surface area contributed by atoms with E-state index in [1.165, 1.54) is 89.9 Å². The first-order valence-corrected chi connectivity index (χ1v) is 53.3. The highest BCUT2D eigenvalue weighted by Crippen LogP contribution is 2.72. The minimum Gasteiger partial charge on any atom is -0.465 e. The summed E-state index contributed by atoms with van der Waals surface area (Å²) in [5, 5.41) is 0. The first-order chi connectivity index (χ1) is 63.1. The van der Waals surface area contributed by atoms with E-state index in [1.54, 1.807) is 0 Å². The summed E-state index contributed by atoms with van der Waals surface area (Å²) in [5.74, 6) is 15.6. The molecule has 20 saturated carbocycles. The Morgan fingerprint density at radius 2 is 0.712 bits per heavy atom. The molecule has 139 heavy (non-hydrogen) atoms. The number of hydrogen-bond acceptors (Lipinski definition) is 24. The monoisotopic (exact) mass is 1950 g/mol. The lowest BCUT2D eigenvalue weighted by Gasteiger charge is -2.38. The number of carbonyl (C=O) groups is 12. The fraction of sp³-hybridized carbons (Fsp3) is 0.896. The Balaban J connectivity index is 0.000000153. The maximum atomic E-state index is 13.1. The van der Waals surface area contributed by atoms with E-state index in [9.17, 15) is 57.5 Å². The second-order valence-electron chi connectivity index (χ2n) is 48.2. The first-order valence-electron chi connectivity index (χ1n) is 53.3. The van der Waals surface area contributed by atoms with Gasteiger partial charge in [-0.1, -0.05) is 166 Å². The van der Waals surface area contributed by atoms with Crippen molar-refractivity contribution in [3.8, 4) is 0 Å². The quantitative estimate of drug-likeness (QED) is 0.0573. The highest BCUT2D eigenvalue weighted by Gasteiger charge is 2.71. The molecule has 24 aliphatic rings. The van der Waals surface area contributed by atoms with Crippen LogP contribution in [0.25, 0.3) is 0 Å². The van der Waals surface area contributed by atoms with Gasteiger partial charge in [0.1, 0.15) is 30.0 Å². The molecule has 47 unspecified atom stereocenters. The van der Waals surface area contributed by atoms with E-state index in [1.807, 2.05) is 13.8 Å².